The first kappa shape index (κ1) is 17.8. The third-order valence-electron chi connectivity index (χ3n) is 6.25. The van der Waals surface area contributed by atoms with Crippen LogP contribution in [0.1, 0.15) is 74.9 Å². The van der Waals surface area contributed by atoms with Crippen LogP contribution in [0.15, 0.2) is 0 Å². The van der Waals surface area contributed by atoms with Crippen molar-refractivity contribution in [2.24, 2.45) is 11.3 Å². The molecule has 5 nitrogen and oxygen atoms in total. The standard InChI is InChI=1S/C20H26O5/c1-9(2)11-14(22)12-13(16(24)17(11)25-6)20(5)8-7-10(21)19(3,4)18(20)15(12)23/h9,18,22,24H,7-8H2,1-6H3/t18-,20-/m0/s1. The van der Waals surface area contributed by atoms with E-state index in [-0.39, 0.29) is 40.3 Å². The minimum absolute atomic E-state index is 0.0474. The van der Waals surface area contributed by atoms with Crippen molar-refractivity contribution in [1.82, 2.24) is 0 Å². The van der Waals surface area contributed by atoms with Crippen molar-refractivity contribution in [3.05, 3.63) is 16.7 Å². The molecule has 2 N–H and O–H groups in total. The molecular weight excluding hydrogens is 320 g/mol. The second kappa shape index (κ2) is 5.23. The molecule has 2 aliphatic carbocycles. The summed E-state index contributed by atoms with van der Waals surface area (Å²) < 4.78 is 5.39. The van der Waals surface area contributed by atoms with Gasteiger partial charge in [-0.2, -0.15) is 0 Å². The molecule has 0 aromatic heterocycles. The van der Waals surface area contributed by atoms with Gasteiger partial charge in [-0.15, -0.1) is 0 Å². The highest BCUT2D eigenvalue weighted by atomic mass is 16.5. The van der Waals surface area contributed by atoms with E-state index < -0.39 is 16.7 Å². The summed E-state index contributed by atoms with van der Waals surface area (Å²) in [5.41, 5.74) is -0.515. The van der Waals surface area contributed by atoms with E-state index >= 15 is 0 Å². The molecular formula is C20H26O5. The number of benzene rings is 1. The van der Waals surface area contributed by atoms with Gasteiger partial charge in [0, 0.05) is 34.3 Å². The molecule has 0 radical (unpaired) electrons. The van der Waals surface area contributed by atoms with Crippen LogP contribution >= 0.6 is 0 Å². The van der Waals surface area contributed by atoms with E-state index in [4.69, 9.17) is 4.74 Å². The van der Waals surface area contributed by atoms with Crippen LogP contribution in [0.25, 0.3) is 0 Å². The molecule has 0 bridgehead atoms. The van der Waals surface area contributed by atoms with Gasteiger partial charge in [0.2, 0.25) is 0 Å². The first-order chi connectivity index (χ1) is 11.5. The monoisotopic (exact) mass is 346 g/mol. The van der Waals surface area contributed by atoms with Crippen molar-refractivity contribution in [2.75, 3.05) is 7.11 Å². The summed E-state index contributed by atoms with van der Waals surface area (Å²) in [7, 11) is 1.44. The Balaban J connectivity index is 2.40. The molecule has 0 aliphatic heterocycles. The van der Waals surface area contributed by atoms with Crippen molar-refractivity contribution in [2.45, 2.75) is 58.8 Å². The average molecular weight is 346 g/mol. The molecule has 1 aromatic rings. The van der Waals surface area contributed by atoms with Gasteiger partial charge in [0.25, 0.3) is 0 Å². The molecule has 0 heterocycles. The van der Waals surface area contributed by atoms with Crippen molar-refractivity contribution in [3.8, 4) is 17.2 Å². The lowest BCUT2D eigenvalue weighted by molar-refractivity contribution is -0.134. The Morgan fingerprint density at radius 3 is 2.24 bits per heavy atom. The first-order valence-electron chi connectivity index (χ1n) is 8.73. The maximum Gasteiger partial charge on any atom is 0.171 e. The number of carbonyl (C=O) groups excluding carboxylic acids is 2. The Hall–Kier alpha value is -2.04. The molecule has 0 amide bonds. The van der Waals surface area contributed by atoms with Gasteiger partial charge >= 0.3 is 0 Å². The Morgan fingerprint density at radius 2 is 1.72 bits per heavy atom. The highest BCUT2D eigenvalue weighted by molar-refractivity contribution is 6.11. The number of aromatic hydroxyl groups is 2. The molecule has 1 saturated carbocycles. The average Bonchev–Trinajstić information content (AvgIpc) is 2.76. The number of ketones is 2. The van der Waals surface area contributed by atoms with E-state index in [0.717, 1.165) is 0 Å². The quantitative estimate of drug-likeness (QED) is 0.798. The molecule has 3 rings (SSSR count). The number of phenols is 2. The summed E-state index contributed by atoms with van der Waals surface area (Å²) in [6.07, 6.45) is 0.816. The predicted octanol–water partition coefficient (Wildman–Crippen LogP) is 3.69. The van der Waals surface area contributed by atoms with Crippen molar-refractivity contribution >= 4 is 11.6 Å². The number of hydrogen-bond donors (Lipinski definition) is 2. The van der Waals surface area contributed by atoms with Gasteiger partial charge < -0.3 is 14.9 Å². The summed E-state index contributed by atoms with van der Waals surface area (Å²) >= 11 is 0. The number of hydrogen-bond acceptors (Lipinski definition) is 5. The van der Waals surface area contributed by atoms with Gasteiger partial charge in [0.15, 0.2) is 17.3 Å². The fourth-order valence-corrected chi connectivity index (χ4v) is 5.09. The molecule has 25 heavy (non-hydrogen) atoms. The highest BCUT2D eigenvalue weighted by Gasteiger charge is 2.62. The van der Waals surface area contributed by atoms with Crippen LogP contribution in [-0.4, -0.2) is 28.9 Å². The largest absolute Gasteiger partial charge is 0.507 e. The zero-order valence-corrected chi connectivity index (χ0v) is 15.7. The van der Waals surface area contributed by atoms with Gasteiger partial charge in [0.1, 0.15) is 11.5 Å². The number of ether oxygens (including phenoxy) is 1. The predicted molar refractivity (Wildman–Crippen MR) is 93.6 cm³/mol. The molecule has 2 atom stereocenters. The van der Waals surface area contributed by atoms with Gasteiger partial charge in [-0.1, -0.05) is 34.6 Å². The maximum atomic E-state index is 13.3. The van der Waals surface area contributed by atoms with Crippen LogP contribution in [0.5, 0.6) is 17.2 Å². The van der Waals surface area contributed by atoms with Crippen molar-refractivity contribution in [1.29, 1.82) is 0 Å². The Kier molecular flexibility index (Phi) is 3.72. The van der Waals surface area contributed by atoms with E-state index in [1.165, 1.54) is 7.11 Å². The van der Waals surface area contributed by atoms with Crippen LogP contribution in [0, 0.1) is 11.3 Å². The first-order valence-corrected chi connectivity index (χ1v) is 8.73. The second-order valence-corrected chi connectivity index (χ2v) is 8.41. The number of fused-ring (bicyclic) bond motifs is 3. The third kappa shape index (κ3) is 2.01. The highest BCUT2D eigenvalue weighted by Crippen LogP contribution is 2.63. The number of Topliss-reactive ketones (excluding diaryl/α,β-unsaturated/α-hetero) is 2. The molecule has 0 saturated heterocycles. The zero-order valence-electron chi connectivity index (χ0n) is 15.7. The van der Waals surface area contributed by atoms with E-state index in [2.05, 4.69) is 0 Å². The summed E-state index contributed by atoms with van der Waals surface area (Å²) in [5.74, 6) is -0.926. The Morgan fingerprint density at radius 1 is 1.12 bits per heavy atom. The van der Waals surface area contributed by atoms with Crippen molar-refractivity contribution < 1.29 is 24.5 Å². The lowest BCUT2D eigenvalue weighted by Crippen LogP contribution is -2.49. The number of phenolic OH excluding ortho intramolecular Hbond substituents is 2. The molecule has 1 aromatic carbocycles. The minimum atomic E-state index is -0.840. The SMILES string of the molecule is COc1c(O)c2c(c(O)c1C(C)C)C(=O)[C@H]1C(C)(C)C(=O)CC[C@@]21C. The maximum absolute atomic E-state index is 13.3. The normalized spacial score (nSPS) is 27.4. The van der Waals surface area contributed by atoms with E-state index in [0.29, 0.717) is 24.0 Å². The van der Waals surface area contributed by atoms with Gasteiger partial charge in [-0.3, -0.25) is 9.59 Å². The van der Waals surface area contributed by atoms with Crippen LogP contribution in [-0.2, 0) is 10.2 Å². The number of carbonyl (C=O) groups is 2. The minimum Gasteiger partial charge on any atom is -0.507 e. The van der Waals surface area contributed by atoms with E-state index in [1.54, 1.807) is 13.8 Å². The smallest absolute Gasteiger partial charge is 0.171 e. The fourth-order valence-electron chi connectivity index (χ4n) is 5.09. The Labute approximate surface area is 148 Å². The van der Waals surface area contributed by atoms with Crippen LogP contribution in [0.2, 0.25) is 0 Å². The van der Waals surface area contributed by atoms with E-state index in [9.17, 15) is 19.8 Å². The summed E-state index contributed by atoms with van der Waals surface area (Å²) in [5, 5.41) is 21.8. The van der Waals surface area contributed by atoms with Crippen LogP contribution in [0.4, 0.5) is 0 Å². The summed E-state index contributed by atoms with van der Waals surface area (Å²) in [6, 6.07) is 0. The fraction of sp³-hybridized carbons (Fsp3) is 0.600. The van der Waals surface area contributed by atoms with Gasteiger partial charge in [-0.05, 0) is 12.3 Å². The molecule has 5 heteroatoms. The van der Waals surface area contributed by atoms with Gasteiger partial charge in [0.05, 0.1) is 12.7 Å². The third-order valence-corrected chi connectivity index (χ3v) is 6.25. The molecule has 0 unspecified atom stereocenters. The summed E-state index contributed by atoms with van der Waals surface area (Å²) in [4.78, 5) is 25.7. The van der Waals surface area contributed by atoms with Crippen LogP contribution in [0.3, 0.4) is 0 Å². The Bertz CT molecular complexity index is 790. The van der Waals surface area contributed by atoms with Gasteiger partial charge in [-0.25, -0.2) is 0 Å². The van der Waals surface area contributed by atoms with Crippen LogP contribution < -0.4 is 4.74 Å². The lowest BCUT2D eigenvalue weighted by atomic mass is 9.56. The molecule has 2 aliphatic rings. The lowest BCUT2D eigenvalue weighted by Gasteiger charge is -2.45. The molecule has 136 valence electrons. The topological polar surface area (TPSA) is 83.8 Å². The van der Waals surface area contributed by atoms with E-state index in [1.807, 2.05) is 20.8 Å². The summed E-state index contributed by atoms with van der Waals surface area (Å²) in [6.45, 7) is 9.21. The second-order valence-electron chi connectivity index (χ2n) is 8.41. The van der Waals surface area contributed by atoms with Crippen molar-refractivity contribution in [3.63, 3.8) is 0 Å². The zero-order chi connectivity index (χ0) is 18.9. The molecule has 0 spiro atoms. The number of rotatable bonds is 2. The number of methoxy groups -OCH3 is 1. The molecule has 1 fully saturated rings.